The molecular formula is C23H41O10Zr. The molecule has 0 aromatic rings. The van der Waals surface area contributed by atoms with Crippen LogP contribution in [0.25, 0.3) is 0 Å². The summed E-state index contributed by atoms with van der Waals surface area (Å²) in [4.78, 5) is 62.9. The Labute approximate surface area is 219 Å². The van der Waals surface area contributed by atoms with Crippen molar-refractivity contribution in [1.82, 2.24) is 0 Å². The van der Waals surface area contributed by atoms with Gasteiger partial charge >= 0.3 is 59.4 Å². The first-order valence-electron chi connectivity index (χ1n) is 10.8. The molecule has 0 aliphatic carbocycles. The van der Waals surface area contributed by atoms with E-state index >= 15 is 0 Å². The van der Waals surface area contributed by atoms with E-state index in [2.05, 4.69) is 2.81 Å². The minimum atomic E-state index is -0.442. The summed E-state index contributed by atoms with van der Waals surface area (Å²) >= 11 is 1.17. The quantitative estimate of drug-likeness (QED) is 0.219. The number of Topliss-reactive ketones (excluding diaryl/α,β-unsaturated/α-hetero) is 3. The Morgan fingerprint density at radius 3 is 0.824 bits per heavy atom. The van der Waals surface area contributed by atoms with Gasteiger partial charge in [0.1, 0.15) is 36.6 Å². The Bertz CT molecular complexity index is 530. The Morgan fingerprint density at radius 2 is 0.735 bits per heavy atom. The zero-order valence-corrected chi connectivity index (χ0v) is 24.6. The number of rotatable bonds is 10. The molecule has 0 unspecified atom stereocenters. The van der Waals surface area contributed by atoms with Crippen molar-refractivity contribution < 1.29 is 71.0 Å². The molecule has 10 nitrogen and oxygen atoms in total. The Hall–Kier alpha value is -1.74. The molecule has 0 aliphatic rings. The van der Waals surface area contributed by atoms with Crippen molar-refractivity contribution in [2.75, 3.05) is 6.61 Å². The second-order valence-electron chi connectivity index (χ2n) is 7.69. The van der Waals surface area contributed by atoms with E-state index in [-0.39, 0.29) is 54.9 Å². The number of carbonyl (C=O) groups excluding carboxylic acids is 6. The monoisotopic (exact) mass is 567 g/mol. The van der Waals surface area contributed by atoms with Gasteiger partial charge < -0.3 is 14.2 Å². The summed E-state index contributed by atoms with van der Waals surface area (Å²) in [5.41, 5.74) is 0. The average molecular weight is 569 g/mol. The van der Waals surface area contributed by atoms with Crippen LogP contribution in [-0.2, 0) is 71.0 Å². The number of ether oxygens (including phenoxy) is 3. The molecule has 0 fully saturated rings. The van der Waals surface area contributed by atoms with E-state index in [1.165, 1.54) is 45.9 Å². The summed E-state index contributed by atoms with van der Waals surface area (Å²) in [5, 5.41) is 0. The van der Waals surface area contributed by atoms with E-state index in [0.717, 1.165) is 6.61 Å². The van der Waals surface area contributed by atoms with E-state index in [1.54, 1.807) is 41.5 Å². The van der Waals surface area contributed by atoms with Gasteiger partial charge in [-0.25, -0.2) is 0 Å². The molecule has 0 bridgehead atoms. The summed E-state index contributed by atoms with van der Waals surface area (Å²) in [6.45, 7) is 17.4. The Morgan fingerprint density at radius 1 is 0.559 bits per heavy atom. The maximum atomic E-state index is 10.6. The van der Waals surface area contributed by atoms with Crippen LogP contribution >= 0.6 is 0 Å². The van der Waals surface area contributed by atoms with Gasteiger partial charge in [-0.1, -0.05) is 0 Å². The SMILES string of the molecule is CC(=O)CC(=O)OC(C)C.CC(=O)CC(=O)OC(C)C.CC(=O)CC(=O)OC(C)C.CC[O][Zr]. The van der Waals surface area contributed by atoms with Gasteiger partial charge in [0.05, 0.1) is 18.3 Å². The molecule has 34 heavy (non-hydrogen) atoms. The van der Waals surface area contributed by atoms with Crippen LogP contribution < -0.4 is 0 Å². The predicted molar refractivity (Wildman–Crippen MR) is 121 cm³/mol. The number of hydrogen-bond donors (Lipinski definition) is 0. The first-order valence-corrected chi connectivity index (χ1v) is 11.8. The third kappa shape index (κ3) is 47.9. The van der Waals surface area contributed by atoms with Crippen LogP contribution in [0.2, 0.25) is 0 Å². The molecule has 0 amide bonds. The average Bonchev–Trinajstić information content (AvgIpc) is 2.58. The topological polar surface area (TPSA) is 139 Å². The van der Waals surface area contributed by atoms with Crippen LogP contribution in [0.3, 0.4) is 0 Å². The van der Waals surface area contributed by atoms with E-state index in [0.29, 0.717) is 0 Å². The fourth-order valence-corrected chi connectivity index (χ4v) is 1.52. The van der Waals surface area contributed by atoms with Gasteiger partial charge in [0.25, 0.3) is 0 Å². The van der Waals surface area contributed by atoms with Crippen LogP contribution in [-0.4, -0.2) is 60.2 Å². The molecule has 0 N–H and O–H groups in total. The van der Waals surface area contributed by atoms with Gasteiger partial charge in [0, 0.05) is 0 Å². The van der Waals surface area contributed by atoms with Crippen molar-refractivity contribution in [1.29, 1.82) is 0 Å². The second kappa shape index (κ2) is 25.9. The number of hydrogen-bond acceptors (Lipinski definition) is 10. The third-order valence-corrected chi connectivity index (χ3v) is 3.14. The number of esters is 3. The first-order chi connectivity index (χ1) is 15.5. The third-order valence-electron chi connectivity index (χ3n) is 2.43. The molecule has 0 radical (unpaired) electrons. The van der Waals surface area contributed by atoms with Crippen molar-refractivity contribution in [3.63, 3.8) is 0 Å². The molecule has 0 heterocycles. The van der Waals surface area contributed by atoms with Crippen LogP contribution in [0.5, 0.6) is 0 Å². The van der Waals surface area contributed by atoms with E-state index in [4.69, 9.17) is 14.2 Å². The normalized spacial score (nSPS) is 9.29. The second-order valence-corrected chi connectivity index (χ2v) is 8.39. The molecule has 0 aromatic heterocycles. The zero-order chi connectivity index (χ0) is 27.9. The van der Waals surface area contributed by atoms with Gasteiger partial charge in [-0.15, -0.1) is 0 Å². The molecule has 11 heteroatoms. The van der Waals surface area contributed by atoms with Crippen molar-refractivity contribution in [2.24, 2.45) is 0 Å². The molecule has 197 valence electrons. The molecule has 0 aromatic carbocycles. The summed E-state index contributed by atoms with van der Waals surface area (Å²) in [6.07, 6.45) is -0.736. The summed E-state index contributed by atoms with van der Waals surface area (Å²) in [7, 11) is 0. The summed E-state index contributed by atoms with van der Waals surface area (Å²) in [6, 6.07) is 0. The maximum absolute atomic E-state index is 10.6. The van der Waals surface area contributed by atoms with Crippen molar-refractivity contribution in [3.05, 3.63) is 0 Å². The van der Waals surface area contributed by atoms with Gasteiger partial charge in [-0.2, -0.15) is 0 Å². The first kappa shape index (κ1) is 39.5. The van der Waals surface area contributed by atoms with Crippen LogP contribution in [0, 0.1) is 0 Å². The Kier molecular flexibility index (Phi) is 30.0. The van der Waals surface area contributed by atoms with Crippen LogP contribution in [0.15, 0.2) is 0 Å². The predicted octanol–water partition coefficient (Wildman–Crippen LogP) is 3.24. The molecule has 0 aliphatic heterocycles. The van der Waals surface area contributed by atoms with Crippen molar-refractivity contribution >= 4 is 35.3 Å². The fraction of sp³-hybridized carbons (Fsp3) is 0.739. The van der Waals surface area contributed by atoms with Crippen LogP contribution in [0.1, 0.15) is 88.5 Å². The van der Waals surface area contributed by atoms with Gasteiger partial charge in [0.15, 0.2) is 0 Å². The molecule has 0 atom stereocenters. The van der Waals surface area contributed by atoms with Crippen molar-refractivity contribution in [2.45, 2.75) is 107 Å². The number of carbonyl (C=O) groups is 6. The van der Waals surface area contributed by atoms with E-state index in [9.17, 15) is 28.8 Å². The molecule has 0 saturated carbocycles. The molecule has 0 spiro atoms. The molecule has 0 rings (SSSR count). The minimum absolute atomic E-state index is 0.113. The van der Waals surface area contributed by atoms with Crippen LogP contribution in [0.4, 0.5) is 0 Å². The fourth-order valence-electron chi connectivity index (χ4n) is 1.52. The standard InChI is InChI=1S/3C7H12O3.C2H5O.Zr/c3*1-5(2)10-7(9)4-6(3)8;1-2-3;/h3*5H,4H2,1-3H3;2H2,1H3;/q;;;-1;+1. The van der Waals surface area contributed by atoms with E-state index < -0.39 is 17.9 Å². The summed E-state index contributed by atoms with van der Waals surface area (Å²) < 4.78 is 18.7. The van der Waals surface area contributed by atoms with Gasteiger partial charge in [-0.3, -0.25) is 28.8 Å². The zero-order valence-electron chi connectivity index (χ0n) is 22.1. The molecule has 0 saturated heterocycles. The van der Waals surface area contributed by atoms with Crippen molar-refractivity contribution in [3.8, 4) is 0 Å². The van der Waals surface area contributed by atoms with Gasteiger partial charge in [0.2, 0.25) is 0 Å². The number of ketones is 3. The summed E-state index contributed by atoms with van der Waals surface area (Å²) in [5.74, 6) is -1.81. The van der Waals surface area contributed by atoms with Gasteiger partial charge in [-0.05, 0) is 62.3 Å². The Balaban J connectivity index is -0.000000184. The van der Waals surface area contributed by atoms with E-state index in [1.807, 2.05) is 6.92 Å². The molecular weight excluding hydrogens is 527 g/mol.